The Morgan fingerprint density at radius 3 is 2.42 bits per heavy atom. The minimum absolute atomic E-state index is 0.0894. The molecule has 0 amide bonds. The number of ether oxygens (including phenoxy) is 2. The molecule has 0 aromatic rings. The normalized spacial score (nSPS) is 49.2. The zero-order valence-electron chi connectivity index (χ0n) is 7.03. The summed E-state index contributed by atoms with van der Waals surface area (Å²) >= 11 is 0. The van der Waals surface area contributed by atoms with Gasteiger partial charge in [-0.15, -0.1) is 0 Å². The molecule has 3 aliphatic rings. The van der Waals surface area contributed by atoms with Crippen molar-refractivity contribution in [3.05, 3.63) is 0 Å². The summed E-state index contributed by atoms with van der Waals surface area (Å²) in [7, 11) is 0. The van der Waals surface area contributed by atoms with Gasteiger partial charge in [0.05, 0.1) is 19.3 Å². The minimum Gasteiger partial charge on any atom is -0.393 e. The fourth-order valence-corrected chi connectivity index (χ4v) is 3.04. The van der Waals surface area contributed by atoms with Gasteiger partial charge in [0.15, 0.2) is 5.79 Å². The number of aliphatic hydroxyl groups excluding tert-OH is 1. The molecular weight excluding hydrogens is 156 g/mol. The second-order valence-electron chi connectivity index (χ2n) is 4.21. The maximum absolute atomic E-state index is 9.55. The van der Waals surface area contributed by atoms with E-state index in [1.807, 2.05) is 0 Å². The largest absolute Gasteiger partial charge is 0.393 e. The summed E-state index contributed by atoms with van der Waals surface area (Å²) in [6.45, 7) is 1.47. The van der Waals surface area contributed by atoms with Crippen molar-refractivity contribution in [3.8, 4) is 0 Å². The maximum Gasteiger partial charge on any atom is 0.171 e. The Balaban J connectivity index is 1.85. The van der Waals surface area contributed by atoms with E-state index < -0.39 is 0 Å². The summed E-state index contributed by atoms with van der Waals surface area (Å²) in [4.78, 5) is 0. The van der Waals surface area contributed by atoms with Crippen molar-refractivity contribution in [1.29, 1.82) is 0 Å². The van der Waals surface area contributed by atoms with Gasteiger partial charge in [-0.2, -0.15) is 0 Å². The summed E-state index contributed by atoms with van der Waals surface area (Å²) < 4.78 is 11.3. The fourth-order valence-electron chi connectivity index (χ4n) is 3.04. The third kappa shape index (κ3) is 0.767. The molecular formula is C9H14O3. The highest BCUT2D eigenvalue weighted by molar-refractivity contribution is 5.02. The lowest BCUT2D eigenvalue weighted by Crippen LogP contribution is -2.39. The Hall–Kier alpha value is -0.120. The molecule has 1 spiro atoms. The molecule has 1 aliphatic heterocycles. The second-order valence-corrected chi connectivity index (χ2v) is 4.21. The Morgan fingerprint density at radius 2 is 1.92 bits per heavy atom. The molecule has 3 heteroatoms. The predicted octanol–water partition coefficient (Wildman–Crippen LogP) is 0.520. The van der Waals surface area contributed by atoms with Crippen molar-refractivity contribution < 1.29 is 14.6 Å². The Morgan fingerprint density at radius 1 is 1.17 bits per heavy atom. The van der Waals surface area contributed by atoms with E-state index in [1.165, 1.54) is 0 Å². The lowest BCUT2D eigenvalue weighted by molar-refractivity contribution is -0.199. The quantitative estimate of drug-likeness (QED) is 0.576. The van der Waals surface area contributed by atoms with Crippen LogP contribution in [0.3, 0.4) is 0 Å². The molecule has 2 bridgehead atoms. The second kappa shape index (κ2) is 2.22. The average molecular weight is 170 g/mol. The number of rotatable bonds is 0. The van der Waals surface area contributed by atoms with Gasteiger partial charge in [-0.3, -0.25) is 0 Å². The monoisotopic (exact) mass is 170 g/mol. The van der Waals surface area contributed by atoms with Crippen LogP contribution in [0.2, 0.25) is 0 Å². The van der Waals surface area contributed by atoms with E-state index in [0.29, 0.717) is 11.8 Å². The van der Waals surface area contributed by atoms with Crippen LogP contribution in [0.5, 0.6) is 0 Å². The van der Waals surface area contributed by atoms with Gasteiger partial charge in [-0.25, -0.2) is 0 Å². The predicted molar refractivity (Wildman–Crippen MR) is 41.5 cm³/mol. The van der Waals surface area contributed by atoms with Crippen LogP contribution in [0, 0.1) is 11.8 Å². The first-order valence-electron chi connectivity index (χ1n) is 4.76. The standard InChI is InChI=1S/C9H14O3/c10-8-4-7-3-6(8)5-9(7)11-1-2-12-9/h6-8,10H,1-5H2/t6-,7?,8?/m0/s1. The van der Waals surface area contributed by atoms with Gasteiger partial charge in [0, 0.05) is 12.3 Å². The van der Waals surface area contributed by atoms with E-state index >= 15 is 0 Å². The molecule has 2 unspecified atom stereocenters. The van der Waals surface area contributed by atoms with Gasteiger partial charge in [-0.05, 0) is 18.8 Å². The third-order valence-electron chi connectivity index (χ3n) is 3.60. The summed E-state index contributed by atoms with van der Waals surface area (Å²) in [5.41, 5.74) is 0. The molecule has 2 aliphatic carbocycles. The Kier molecular flexibility index (Phi) is 1.35. The van der Waals surface area contributed by atoms with Crippen LogP contribution in [-0.2, 0) is 9.47 Å². The molecule has 3 rings (SSSR count). The summed E-state index contributed by atoms with van der Waals surface area (Å²) in [6, 6.07) is 0. The van der Waals surface area contributed by atoms with E-state index in [-0.39, 0.29) is 11.9 Å². The Labute approximate surface area is 71.7 Å². The van der Waals surface area contributed by atoms with Crippen molar-refractivity contribution in [3.63, 3.8) is 0 Å². The fraction of sp³-hybridized carbons (Fsp3) is 1.00. The lowest BCUT2D eigenvalue weighted by atomic mass is 9.92. The van der Waals surface area contributed by atoms with Crippen molar-refractivity contribution in [2.24, 2.45) is 11.8 Å². The molecule has 1 N–H and O–H groups in total. The van der Waals surface area contributed by atoms with Crippen LogP contribution in [-0.4, -0.2) is 30.2 Å². The highest BCUT2D eigenvalue weighted by Crippen LogP contribution is 2.54. The third-order valence-corrected chi connectivity index (χ3v) is 3.60. The summed E-state index contributed by atoms with van der Waals surface area (Å²) in [5, 5.41) is 9.55. The van der Waals surface area contributed by atoms with E-state index in [4.69, 9.17) is 9.47 Å². The average Bonchev–Trinajstić information content (AvgIpc) is 2.68. The maximum atomic E-state index is 9.55. The minimum atomic E-state index is -0.274. The highest BCUT2D eigenvalue weighted by atomic mass is 16.7. The summed E-state index contributed by atoms with van der Waals surface area (Å²) in [5.74, 6) is 0.622. The Bertz CT molecular complexity index is 196. The first kappa shape index (κ1) is 7.30. The van der Waals surface area contributed by atoms with Gasteiger partial charge in [0.25, 0.3) is 0 Å². The molecule has 3 fully saturated rings. The van der Waals surface area contributed by atoms with Gasteiger partial charge in [0.2, 0.25) is 0 Å². The first-order chi connectivity index (χ1) is 5.80. The number of aliphatic hydroxyl groups is 1. The van der Waals surface area contributed by atoms with Crippen LogP contribution in [0.15, 0.2) is 0 Å². The highest BCUT2D eigenvalue weighted by Gasteiger charge is 2.58. The molecule has 3 atom stereocenters. The van der Waals surface area contributed by atoms with E-state index in [9.17, 15) is 5.11 Å². The number of hydrogen-bond acceptors (Lipinski definition) is 3. The molecule has 0 aromatic carbocycles. The van der Waals surface area contributed by atoms with Crippen molar-refractivity contribution in [2.45, 2.75) is 31.2 Å². The molecule has 2 saturated carbocycles. The van der Waals surface area contributed by atoms with Crippen LogP contribution < -0.4 is 0 Å². The molecule has 0 radical (unpaired) electrons. The van der Waals surface area contributed by atoms with E-state index in [2.05, 4.69) is 0 Å². The summed E-state index contributed by atoms with van der Waals surface area (Å²) in [6.07, 6.45) is 2.80. The van der Waals surface area contributed by atoms with Crippen LogP contribution in [0.4, 0.5) is 0 Å². The van der Waals surface area contributed by atoms with Crippen LogP contribution in [0.1, 0.15) is 19.3 Å². The van der Waals surface area contributed by atoms with Crippen LogP contribution >= 0.6 is 0 Å². The number of fused-ring (bicyclic) bond motifs is 3. The molecule has 1 heterocycles. The smallest absolute Gasteiger partial charge is 0.171 e. The number of hydrogen-bond donors (Lipinski definition) is 1. The van der Waals surface area contributed by atoms with Gasteiger partial charge in [0.1, 0.15) is 0 Å². The van der Waals surface area contributed by atoms with E-state index in [0.717, 1.165) is 32.5 Å². The molecule has 1 saturated heterocycles. The van der Waals surface area contributed by atoms with E-state index in [1.54, 1.807) is 0 Å². The zero-order chi connectivity index (χ0) is 8.18. The topological polar surface area (TPSA) is 38.7 Å². The first-order valence-corrected chi connectivity index (χ1v) is 4.76. The SMILES string of the molecule is OC1CC2C[C@H]1CC21OCCO1. The van der Waals surface area contributed by atoms with Gasteiger partial charge >= 0.3 is 0 Å². The molecule has 0 aromatic heterocycles. The van der Waals surface area contributed by atoms with Crippen LogP contribution in [0.25, 0.3) is 0 Å². The van der Waals surface area contributed by atoms with Gasteiger partial charge < -0.3 is 14.6 Å². The van der Waals surface area contributed by atoms with Gasteiger partial charge in [-0.1, -0.05) is 0 Å². The molecule has 68 valence electrons. The molecule has 12 heavy (non-hydrogen) atoms. The van der Waals surface area contributed by atoms with Crippen molar-refractivity contribution >= 4 is 0 Å². The van der Waals surface area contributed by atoms with Crippen molar-refractivity contribution in [1.82, 2.24) is 0 Å². The lowest BCUT2D eigenvalue weighted by Gasteiger charge is -2.33. The zero-order valence-corrected chi connectivity index (χ0v) is 7.03. The molecule has 3 nitrogen and oxygen atoms in total. The van der Waals surface area contributed by atoms with Crippen molar-refractivity contribution in [2.75, 3.05) is 13.2 Å².